The first kappa shape index (κ1) is 32.0. The zero-order chi connectivity index (χ0) is 30.9. The van der Waals surface area contributed by atoms with Gasteiger partial charge in [0, 0.05) is 49.9 Å². The summed E-state index contributed by atoms with van der Waals surface area (Å²) in [6.45, 7) is 8.88. The van der Waals surface area contributed by atoms with Crippen LogP contribution in [0.5, 0.6) is 5.75 Å². The number of anilines is 1. The fourth-order valence-corrected chi connectivity index (χ4v) is 5.60. The number of aliphatic carboxylic acids is 1. The predicted molar refractivity (Wildman–Crippen MR) is 148 cm³/mol. The van der Waals surface area contributed by atoms with E-state index in [1.54, 1.807) is 51.2 Å². The third kappa shape index (κ3) is 6.86. The highest BCUT2D eigenvalue weighted by Gasteiger charge is 2.59. The summed E-state index contributed by atoms with van der Waals surface area (Å²) >= 11 is 0. The molecule has 1 aromatic heterocycles. The van der Waals surface area contributed by atoms with E-state index in [9.17, 15) is 27.9 Å². The van der Waals surface area contributed by atoms with Crippen molar-refractivity contribution in [2.24, 2.45) is 11.3 Å². The maximum Gasteiger partial charge on any atom is 0.416 e. The van der Waals surface area contributed by atoms with Gasteiger partial charge in [0.25, 0.3) is 0 Å². The molecule has 41 heavy (non-hydrogen) atoms. The number of nitrogens with zero attached hydrogens (tertiary/aromatic N) is 3. The number of carbonyl (C=O) groups is 2. The Morgan fingerprint density at radius 1 is 1.17 bits per heavy atom. The van der Waals surface area contributed by atoms with E-state index in [-0.39, 0.29) is 17.9 Å². The lowest BCUT2D eigenvalue weighted by molar-refractivity contribution is -0.145. The van der Waals surface area contributed by atoms with E-state index >= 15 is 0 Å². The highest BCUT2D eigenvalue weighted by atomic mass is 19.4. The van der Waals surface area contributed by atoms with E-state index < -0.39 is 59.4 Å². The number of hydrogen-bond donors (Lipinski definition) is 2. The van der Waals surface area contributed by atoms with Crippen molar-refractivity contribution < 1.29 is 37.3 Å². The van der Waals surface area contributed by atoms with E-state index in [4.69, 9.17) is 9.47 Å². The largest absolute Gasteiger partial charge is 0.496 e. The molecule has 0 spiro atoms. The summed E-state index contributed by atoms with van der Waals surface area (Å²) in [6, 6.07) is 3.77. The zero-order valence-corrected chi connectivity index (χ0v) is 24.6. The summed E-state index contributed by atoms with van der Waals surface area (Å²) in [5, 5.41) is 13.8. The Hall–Kier alpha value is -3.54. The van der Waals surface area contributed by atoms with E-state index in [2.05, 4.69) is 10.3 Å². The van der Waals surface area contributed by atoms with E-state index in [1.807, 2.05) is 20.8 Å². The number of benzene rings is 1. The monoisotopic (exact) mass is 580 g/mol. The van der Waals surface area contributed by atoms with E-state index in [1.165, 1.54) is 18.1 Å². The lowest BCUT2D eigenvalue weighted by Gasteiger charge is -2.35. The number of carboxylic acid groups (broad SMARTS) is 1. The van der Waals surface area contributed by atoms with Crippen LogP contribution in [0.25, 0.3) is 0 Å². The molecule has 2 aromatic rings. The first-order valence-electron chi connectivity index (χ1n) is 13.3. The number of carbonyl (C=O) groups excluding carboxylic acids is 1. The summed E-state index contributed by atoms with van der Waals surface area (Å²) in [5.74, 6) is -1.14. The fourth-order valence-electron chi connectivity index (χ4n) is 5.60. The van der Waals surface area contributed by atoms with Crippen LogP contribution in [0.15, 0.2) is 36.5 Å². The van der Waals surface area contributed by atoms with Gasteiger partial charge in [0.1, 0.15) is 17.6 Å². The number of carboxylic acids is 1. The number of aromatic nitrogens is 1. The Morgan fingerprint density at radius 2 is 1.83 bits per heavy atom. The molecule has 1 amide bonds. The number of methoxy groups -OCH3 is 1. The first-order chi connectivity index (χ1) is 19.0. The summed E-state index contributed by atoms with van der Waals surface area (Å²) in [6.07, 6.45) is -4.29. The molecule has 3 rings (SSSR count). The summed E-state index contributed by atoms with van der Waals surface area (Å²) < 4.78 is 51.6. The summed E-state index contributed by atoms with van der Waals surface area (Å²) in [7, 11) is 4.93. The number of rotatable bonds is 8. The van der Waals surface area contributed by atoms with Crippen LogP contribution >= 0.6 is 0 Å². The SMILES string of the molecule is COc1ccc(C(F)(F)F)cc1CN[C@@H]1[C@@H](C(C)(C)C)[C@H](C(=O)O)N(C(=O)OC(C)C)[C@@H]1c1cccnc1N(C)C. The predicted octanol–water partition coefficient (Wildman–Crippen LogP) is 5.35. The topological polar surface area (TPSA) is 104 Å². The fraction of sp³-hybridized carbons (Fsp3) is 0.552. The van der Waals surface area contributed by atoms with Crippen LogP contribution < -0.4 is 15.0 Å². The van der Waals surface area contributed by atoms with Crippen molar-refractivity contribution in [3.05, 3.63) is 53.2 Å². The molecule has 1 aliphatic rings. The number of amides is 1. The number of likely N-dealkylation sites (tertiary alicyclic amines) is 1. The van der Waals surface area contributed by atoms with Gasteiger partial charge in [0.15, 0.2) is 0 Å². The lowest BCUT2D eigenvalue weighted by Crippen LogP contribution is -2.48. The number of nitrogens with one attached hydrogen (secondary N) is 1. The van der Waals surface area contributed by atoms with Crippen molar-refractivity contribution in [2.45, 2.75) is 71.6 Å². The highest BCUT2D eigenvalue weighted by Crippen LogP contribution is 2.50. The lowest BCUT2D eigenvalue weighted by atomic mass is 9.72. The molecule has 1 aromatic carbocycles. The Labute approximate surface area is 238 Å². The second-order valence-electron chi connectivity index (χ2n) is 11.7. The van der Waals surface area contributed by atoms with E-state index in [0.29, 0.717) is 11.4 Å². The molecule has 0 radical (unpaired) electrons. The molecule has 1 aliphatic heterocycles. The van der Waals surface area contributed by atoms with E-state index in [0.717, 1.165) is 12.1 Å². The van der Waals surface area contributed by atoms with Gasteiger partial charge in [-0.05, 0) is 43.5 Å². The Bertz CT molecular complexity index is 1250. The molecular weight excluding hydrogens is 541 g/mol. The number of pyridine rings is 1. The van der Waals surface area contributed by atoms with Crippen LogP contribution in [0, 0.1) is 11.3 Å². The molecule has 0 unspecified atom stereocenters. The second kappa shape index (κ2) is 12.1. The third-order valence-corrected chi connectivity index (χ3v) is 7.16. The van der Waals surface area contributed by atoms with Crippen molar-refractivity contribution in [1.29, 1.82) is 0 Å². The van der Waals surface area contributed by atoms with Crippen LogP contribution in [0.3, 0.4) is 0 Å². The van der Waals surface area contributed by atoms with Gasteiger partial charge in [-0.15, -0.1) is 0 Å². The Morgan fingerprint density at radius 3 is 2.34 bits per heavy atom. The van der Waals surface area contributed by atoms with Gasteiger partial charge < -0.3 is 24.8 Å². The molecule has 9 nitrogen and oxygen atoms in total. The third-order valence-electron chi connectivity index (χ3n) is 7.16. The summed E-state index contributed by atoms with van der Waals surface area (Å²) in [4.78, 5) is 34.0. The van der Waals surface area contributed by atoms with Crippen molar-refractivity contribution in [1.82, 2.24) is 15.2 Å². The van der Waals surface area contributed by atoms with Gasteiger partial charge in [-0.2, -0.15) is 13.2 Å². The number of halogens is 3. The average molecular weight is 581 g/mol. The molecule has 2 heterocycles. The minimum atomic E-state index is -4.56. The number of alkyl halides is 3. The van der Waals surface area contributed by atoms with Crippen molar-refractivity contribution in [2.75, 3.05) is 26.1 Å². The standard InChI is InChI=1S/C29H39F3N4O5/c1-16(2)41-27(39)36-23(19-10-9-13-33-25(19)35(6)7)22(21(28(3,4)5)24(36)26(37)38)34-15-17-14-18(29(30,31)32)11-12-20(17)40-8/h9-14,16,21-24,34H,15H2,1-8H3,(H,37,38)/t21-,22-,23-,24-/m1/s1. The zero-order valence-electron chi connectivity index (χ0n) is 24.6. The van der Waals surface area contributed by atoms with Gasteiger partial charge in [-0.3, -0.25) is 4.90 Å². The van der Waals surface area contributed by atoms with Gasteiger partial charge in [0.2, 0.25) is 0 Å². The molecule has 4 atom stereocenters. The van der Waals surface area contributed by atoms with Gasteiger partial charge in [-0.25, -0.2) is 14.6 Å². The van der Waals surface area contributed by atoms with Crippen molar-refractivity contribution in [3.8, 4) is 5.75 Å². The maximum absolute atomic E-state index is 13.6. The van der Waals surface area contributed by atoms with Gasteiger partial charge in [0.05, 0.1) is 24.8 Å². The summed E-state index contributed by atoms with van der Waals surface area (Å²) in [5.41, 5.74) is -0.685. The number of ether oxygens (including phenoxy) is 2. The maximum atomic E-state index is 13.6. The highest BCUT2D eigenvalue weighted by molar-refractivity contribution is 5.82. The molecule has 12 heteroatoms. The molecular formula is C29H39F3N4O5. The van der Waals surface area contributed by atoms with Crippen molar-refractivity contribution in [3.63, 3.8) is 0 Å². The van der Waals surface area contributed by atoms with Gasteiger partial charge >= 0.3 is 18.2 Å². The Balaban J connectivity index is 2.24. The van der Waals surface area contributed by atoms with Gasteiger partial charge in [-0.1, -0.05) is 26.8 Å². The quantitative estimate of drug-likeness (QED) is 0.431. The smallest absolute Gasteiger partial charge is 0.416 e. The molecule has 1 saturated heterocycles. The Kier molecular flexibility index (Phi) is 9.47. The van der Waals surface area contributed by atoms with Crippen LogP contribution in [0.2, 0.25) is 0 Å². The normalized spacial score (nSPS) is 21.2. The number of hydrogen-bond acceptors (Lipinski definition) is 7. The average Bonchev–Trinajstić information content (AvgIpc) is 3.22. The van der Waals surface area contributed by atoms with Crippen LogP contribution in [0.1, 0.15) is 57.4 Å². The molecule has 2 N–H and O–H groups in total. The molecule has 0 bridgehead atoms. The van der Waals surface area contributed by atoms with Crippen molar-refractivity contribution >= 4 is 17.9 Å². The molecule has 226 valence electrons. The van der Waals surface area contributed by atoms with Crippen LogP contribution in [-0.2, 0) is 22.3 Å². The second-order valence-corrected chi connectivity index (χ2v) is 11.7. The minimum absolute atomic E-state index is 0.0855. The minimum Gasteiger partial charge on any atom is -0.496 e. The first-order valence-corrected chi connectivity index (χ1v) is 13.3. The van der Waals surface area contributed by atoms with Crippen LogP contribution in [0.4, 0.5) is 23.8 Å². The molecule has 0 saturated carbocycles. The molecule has 0 aliphatic carbocycles. The molecule has 1 fully saturated rings. The van der Waals surface area contributed by atoms with Crippen LogP contribution in [-0.4, -0.2) is 66.4 Å².